The number of aromatic carboxylic acids is 1. The molecule has 0 aromatic heterocycles. The van der Waals surface area contributed by atoms with Crippen molar-refractivity contribution in [2.45, 2.75) is 0 Å². The monoisotopic (exact) mass is 266 g/mol. The maximum Gasteiger partial charge on any atom is 0.335 e. The molecule has 0 saturated carbocycles. The molecule has 0 aliphatic rings. The number of rotatable bonds is 2. The minimum atomic E-state index is -0.968. The summed E-state index contributed by atoms with van der Waals surface area (Å²) < 4.78 is 0. The van der Waals surface area contributed by atoms with Gasteiger partial charge in [0.15, 0.2) is 0 Å². The van der Waals surface area contributed by atoms with E-state index in [1.54, 1.807) is 36.4 Å². The SMILES string of the molecule is O=C(O)c1cccc(-c2cc(Cl)ccc2Cl)c1. The van der Waals surface area contributed by atoms with Crippen LogP contribution in [0, 0.1) is 0 Å². The topological polar surface area (TPSA) is 37.3 Å². The first kappa shape index (κ1) is 12.0. The molecule has 0 aliphatic heterocycles. The maximum absolute atomic E-state index is 10.9. The zero-order valence-electron chi connectivity index (χ0n) is 8.65. The summed E-state index contributed by atoms with van der Waals surface area (Å²) in [5.74, 6) is -0.968. The summed E-state index contributed by atoms with van der Waals surface area (Å²) >= 11 is 12.0. The van der Waals surface area contributed by atoms with E-state index in [1.807, 2.05) is 0 Å². The molecule has 2 aromatic carbocycles. The van der Waals surface area contributed by atoms with Crippen molar-refractivity contribution in [2.75, 3.05) is 0 Å². The highest BCUT2D eigenvalue weighted by Crippen LogP contribution is 2.30. The molecule has 0 radical (unpaired) electrons. The molecule has 2 rings (SSSR count). The lowest BCUT2D eigenvalue weighted by atomic mass is 10.0. The Labute approximate surface area is 108 Å². The highest BCUT2D eigenvalue weighted by Gasteiger charge is 2.08. The Morgan fingerprint density at radius 2 is 1.82 bits per heavy atom. The Bertz CT molecular complexity index is 579. The summed E-state index contributed by atoms with van der Waals surface area (Å²) in [4.78, 5) is 10.9. The van der Waals surface area contributed by atoms with Crippen molar-refractivity contribution in [1.29, 1.82) is 0 Å². The second kappa shape index (κ2) is 4.78. The first-order valence-corrected chi connectivity index (χ1v) is 5.62. The van der Waals surface area contributed by atoms with Gasteiger partial charge in [0.2, 0.25) is 0 Å². The highest BCUT2D eigenvalue weighted by atomic mass is 35.5. The lowest BCUT2D eigenvalue weighted by Gasteiger charge is -2.06. The Kier molecular flexibility index (Phi) is 3.36. The Morgan fingerprint density at radius 1 is 1.06 bits per heavy atom. The average Bonchev–Trinajstić information content (AvgIpc) is 2.32. The van der Waals surface area contributed by atoms with E-state index in [2.05, 4.69) is 0 Å². The number of halogens is 2. The minimum absolute atomic E-state index is 0.221. The zero-order valence-corrected chi connectivity index (χ0v) is 10.2. The fraction of sp³-hybridized carbons (Fsp3) is 0. The molecule has 1 N–H and O–H groups in total. The molecule has 0 heterocycles. The molecule has 0 atom stereocenters. The molecule has 0 spiro atoms. The first-order valence-electron chi connectivity index (χ1n) is 4.87. The Hall–Kier alpha value is -1.51. The predicted octanol–water partition coefficient (Wildman–Crippen LogP) is 4.36. The standard InChI is InChI=1S/C13H8Cl2O2/c14-10-4-5-12(15)11(7-10)8-2-1-3-9(6-8)13(16)17/h1-7H,(H,16,17). The first-order chi connectivity index (χ1) is 8.08. The molecule has 2 nitrogen and oxygen atoms in total. The summed E-state index contributed by atoms with van der Waals surface area (Å²) in [6, 6.07) is 11.7. The third kappa shape index (κ3) is 2.60. The molecular weight excluding hydrogens is 259 g/mol. The van der Waals surface area contributed by atoms with Gasteiger partial charge in [0.1, 0.15) is 0 Å². The normalized spacial score (nSPS) is 10.2. The summed E-state index contributed by atoms with van der Waals surface area (Å²) in [7, 11) is 0. The van der Waals surface area contributed by atoms with Gasteiger partial charge in [0.05, 0.1) is 5.56 Å². The third-order valence-corrected chi connectivity index (χ3v) is 2.91. The van der Waals surface area contributed by atoms with Crippen LogP contribution in [-0.2, 0) is 0 Å². The largest absolute Gasteiger partial charge is 0.478 e. The zero-order chi connectivity index (χ0) is 12.4. The van der Waals surface area contributed by atoms with E-state index in [9.17, 15) is 4.79 Å². The molecule has 0 unspecified atom stereocenters. The quantitative estimate of drug-likeness (QED) is 0.877. The van der Waals surface area contributed by atoms with Crippen LogP contribution in [0.5, 0.6) is 0 Å². The lowest BCUT2D eigenvalue weighted by Crippen LogP contribution is -1.95. The van der Waals surface area contributed by atoms with E-state index in [0.29, 0.717) is 10.0 Å². The molecule has 0 amide bonds. The Balaban J connectivity index is 2.56. The highest BCUT2D eigenvalue weighted by molar-refractivity contribution is 6.35. The van der Waals surface area contributed by atoms with Crippen molar-refractivity contribution < 1.29 is 9.90 Å². The second-order valence-corrected chi connectivity index (χ2v) is 4.35. The van der Waals surface area contributed by atoms with Crippen LogP contribution in [0.3, 0.4) is 0 Å². The van der Waals surface area contributed by atoms with Crippen LogP contribution in [0.1, 0.15) is 10.4 Å². The van der Waals surface area contributed by atoms with Crippen LogP contribution in [0.4, 0.5) is 0 Å². The van der Waals surface area contributed by atoms with E-state index in [1.165, 1.54) is 6.07 Å². The number of hydrogen-bond donors (Lipinski definition) is 1. The van der Waals surface area contributed by atoms with Crippen molar-refractivity contribution in [1.82, 2.24) is 0 Å². The summed E-state index contributed by atoms with van der Waals surface area (Å²) in [5, 5.41) is 10.0. The number of carboxylic acid groups (broad SMARTS) is 1. The van der Waals surface area contributed by atoms with Gasteiger partial charge < -0.3 is 5.11 Å². The maximum atomic E-state index is 10.9. The van der Waals surface area contributed by atoms with Crippen molar-refractivity contribution in [2.24, 2.45) is 0 Å². The molecule has 86 valence electrons. The fourth-order valence-electron chi connectivity index (χ4n) is 1.54. The van der Waals surface area contributed by atoms with Crippen LogP contribution in [-0.4, -0.2) is 11.1 Å². The van der Waals surface area contributed by atoms with Gasteiger partial charge >= 0.3 is 5.97 Å². The van der Waals surface area contributed by atoms with Gasteiger partial charge in [-0.3, -0.25) is 0 Å². The van der Waals surface area contributed by atoms with E-state index >= 15 is 0 Å². The van der Waals surface area contributed by atoms with Crippen LogP contribution in [0.25, 0.3) is 11.1 Å². The van der Waals surface area contributed by atoms with Crippen LogP contribution >= 0.6 is 23.2 Å². The van der Waals surface area contributed by atoms with Gasteiger partial charge in [0, 0.05) is 15.6 Å². The molecular formula is C13H8Cl2O2. The van der Waals surface area contributed by atoms with Gasteiger partial charge in [-0.25, -0.2) is 4.79 Å². The van der Waals surface area contributed by atoms with Gasteiger partial charge in [-0.05, 0) is 35.9 Å². The van der Waals surface area contributed by atoms with E-state index in [4.69, 9.17) is 28.3 Å². The molecule has 0 fully saturated rings. The molecule has 4 heteroatoms. The average molecular weight is 267 g/mol. The number of benzene rings is 2. The molecule has 0 bridgehead atoms. The van der Waals surface area contributed by atoms with Crippen molar-refractivity contribution >= 4 is 29.2 Å². The predicted molar refractivity (Wildman–Crippen MR) is 68.9 cm³/mol. The van der Waals surface area contributed by atoms with Crippen molar-refractivity contribution in [3.8, 4) is 11.1 Å². The third-order valence-electron chi connectivity index (χ3n) is 2.35. The van der Waals surface area contributed by atoms with Crippen LogP contribution in [0.2, 0.25) is 10.0 Å². The van der Waals surface area contributed by atoms with Crippen molar-refractivity contribution in [3.63, 3.8) is 0 Å². The summed E-state index contributed by atoms with van der Waals surface area (Å²) in [5.41, 5.74) is 1.68. The van der Waals surface area contributed by atoms with Gasteiger partial charge in [-0.1, -0.05) is 35.3 Å². The van der Waals surface area contributed by atoms with Crippen molar-refractivity contribution in [3.05, 3.63) is 58.1 Å². The summed E-state index contributed by atoms with van der Waals surface area (Å²) in [6.07, 6.45) is 0. The fourth-order valence-corrected chi connectivity index (χ4v) is 1.94. The molecule has 17 heavy (non-hydrogen) atoms. The van der Waals surface area contributed by atoms with Crippen LogP contribution in [0.15, 0.2) is 42.5 Å². The number of carboxylic acids is 1. The van der Waals surface area contributed by atoms with Gasteiger partial charge in [0.25, 0.3) is 0 Å². The van der Waals surface area contributed by atoms with Crippen LogP contribution < -0.4 is 0 Å². The van der Waals surface area contributed by atoms with E-state index in [-0.39, 0.29) is 5.56 Å². The minimum Gasteiger partial charge on any atom is -0.478 e. The number of carbonyl (C=O) groups is 1. The van der Waals surface area contributed by atoms with Gasteiger partial charge in [-0.2, -0.15) is 0 Å². The Morgan fingerprint density at radius 3 is 2.53 bits per heavy atom. The second-order valence-electron chi connectivity index (χ2n) is 3.51. The summed E-state index contributed by atoms with van der Waals surface area (Å²) in [6.45, 7) is 0. The molecule has 2 aromatic rings. The lowest BCUT2D eigenvalue weighted by molar-refractivity contribution is 0.0697. The van der Waals surface area contributed by atoms with Gasteiger partial charge in [-0.15, -0.1) is 0 Å². The molecule has 0 saturated heterocycles. The van der Waals surface area contributed by atoms with E-state index < -0.39 is 5.97 Å². The smallest absolute Gasteiger partial charge is 0.335 e. The number of hydrogen-bond acceptors (Lipinski definition) is 1. The van der Waals surface area contributed by atoms with E-state index in [0.717, 1.165) is 11.1 Å². The molecule has 0 aliphatic carbocycles.